The summed E-state index contributed by atoms with van der Waals surface area (Å²) in [5.74, 6) is 2.91. The van der Waals surface area contributed by atoms with E-state index in [-0.39, 0.29) is 0 Å². The predicted molar refractivity (Wildman–Crippen MR) is 62.2 cm³/mol. The summed E-state index contributed by atoms with van der Waals surface area (Å²) in [7, 11) is 0. The van der Waals surface area contributed by atoms with Crippen LogP contribution in [-0.2, 0) is 0 Å². The van der Waals surface area contributed by atoms with Gasteiger partial charge in [-0.25, -0.2) is 0 Å². The Kier molecular flexibility index (Phi) is 2.25. The second kappa shape index (κ2) is 3.00. The smallest absolute Gasteiger partial charge is 0.0190 e. The Morgan fingerprint density at radius 1 is 1.29 bits per heavy atom. The third-order valence-electron chi connectivity index (χ3n) is 6.12. The van der Waals surface area contributed by atoms with Crippen molar-refractivity contribution in [2.24, 2.45) is 28.6 Å². The van der Waals surface area contributed by atoms with Crippen LogP contribution in [0.25, 0.3) is 0 Å². The van der Waals surface area contributed by atoms with Crippen molar-refractivity contribution in [3.05, 3.63) is 0 Å². The normalized spacial score (nSPS) is 46.9. The van der Waals surface area contributed by atoms with Crippen molar-refractivity contribution in [3.8, 4) is 0 Å². The van der Waals surface area contributed by atoms with Gasteiger partial charge in [-0.15, -0.1) is 0 Å². The molecule has 3 aliphatic carbocycles. The van der Waals surface area contributed by atoms with Gasteiger partial charge in [0.15, 0.2) is 0 Å². The second-order valence-corrected chi connectivity index (χ2v) is 6.45. The van der Waals surface area contributed by atoms with Gasteiger partial charge >= 0.3 is 0 Å². The maximum absolute atomic E-state index is 2.53. The summed E-state index contributed by atoms with van der Waals surface area (Å²) in [6, 6.07) is 0. The number of fused-ring (bicyclic) bond motifs is 2. The van der Waals surface area contributed by atoms with Crippen molar-refractivity contribution in [2.75, 3.05) is 0 Å². The van der Waals surface area contributed by atoms with Crippen molar-refractivity contribution in [3.63, 3.8) is 0 Å². The van der Waals surface area contributed by atoms with Crippen LogP contribution < -0.4 is 0 Å². The summed E-state index contributed by atoms with van der Waals surface area (Å²) < 4.78 is 0. The van der Waals surface area contributed by atoms with E-state index in [1.165, 1.54) is 25.7 Å². The van der Waals surface area contributed by atoms with Gasteiger partial charge in [0.05, 0.1) is 0 Å². The fourth-order valence-corrected chi connectivity index (χ4v) is 4.87. The van der Waals surface area contributed by atoms with Gasteiger partial charge in [0.1, 0.15) is 0 Å². The minimum absolute atomic E-state index is 0.625. The molecule has 0 nitrogen and oxygen atoms in total. The molecule has 0 heteroatoms. The molecule has 0 aromatic rings. The van der Waals surface area contributed by atoms with E-state index in [0.717, 1.165) is 17.8 Å². The molecule has 3 rings (SSSR count). The summed E-state index contributed by atoms with van der Waals surface area (Å²) in [5, 5.41) is 0. The SMILES string of the molecule is CCC(C)C12CC(CCC1C)C2(C)C. The topological polar surface area (TPSA) is 0 Å². The quantitative estimate of drug-likeness (QED) is 0.607. The van der Waals surface area contributed by atoms with Gasteiger partial charge in [-0.2, -0.15) is 0 Å². The first-order chi connectivity index (χ1) is 6.46. The van der Waals surface area contributed by atoms with Crippen molar-refractivity contribution in [1.82, 2.24) is 0 Å². The number of hydrogen-bond donors (Lipinski definition) is 0. The van der Waals surface area contributed by atoms with Gasteiger partial charge in [-0.1, -0.05) is 41.0 Å². The van der Waals surface area contributed by atoms with Crippen LogP contribution in [0.5, 0.6) is 0 Å². The van der Waals surface area contributed by atoms with Crippen LogP contribution >= 0.6 is 0 Å². The molecule has 3 saturated carbocycles. The molecule has 0 saturated heterocycles. The van der Waals surface area contributed by atoms with Crippen molar-refractivity contribution < 1.29 is 0 Å². The molecular formula is C14H26. The molecular weight excluding hydrogens is 168 g/mol. The average Bonchev–Trinajstić information content (AvgIpc) is 2.16. The summed E-state index contributed by atoms with van der Waals surface area (Å²) in [5.41, 5.74) is 1.31. The molecule has 4 unspecified atom stereocenters. The predicted octanol–water partition coefficient (Wildman–Crippen LogP) is 4.49. The van der Waals surface area contributed by atoms with E-state index in [0.29, 0.717) is 10.8 Å². The van der Waals surface area contributed by atoms with E-state index >= 15 is 0 Å². The molecule has 0 aromatic carbocycles. The standard InChI is InChI=1S/C14H26/c1-6-10(2)14-9-12(13(14,4)5)8-7-11(14)3/h10-12H,6-9H2,1-5H3. The molecule has 82 valence electrons. The maximum atomic E-state index is 2.53. The summed E-state index contributed by atoms with van der Waals surface area (Å²) >= 11 is 0. The van der Waals surface area contributed by atoms with E-state index in [2.05, 4.69) is 34.6 Å². The van der Waals surface area contributed by atoms with Gasteiger partial charge in [0, 0.05) is 0 Å². The molecule has 0 amide bonds. The van der Waals surface area contributed by atoms with Crippen LogP contribution in [0.2, 0.25) is 0 Å². The van der Waals surface area contributed by atoms with Crippen LogP contribution in [0.1, 0.15) is 60.3 Å². The number of hydrogen-bond acceptors (Lipinski definition) is 0. The largest absolute Gasteiger partial charge is 0.0651 e. The van der Waals surface area contributed by atoms with Crippen molar-refractivity contribution >= 4 is 0 Å². The summed E-state index contributed by atoms with van der Waals surface area (Å²) in [4.78, 5) is 0. The van der Waals surface area contributed by atoms with E-state index in [9.17, 15) is 0 Å². The Balaban J connectivity index is 2.31. The first-order valence-corrected chi connectivity index (χ1v) is 6.46. The molecule has 0 aliphatic heterocycles. The zero-order valence-corrected chi connectivity index (χ0v) is 10.6. The Morgan fingerprint density at radius 2 is 1.93 bits per heavy atom. The summed E-state index contributed by atoms with van der Waals surface area (Å²) in [6.07, 6.45) is 5.86. The molecule has 0 spiro atoms. The first kappa shape index (κ1) is 10.5. The highest BCUT2D eigenvalue weighted by molar-refractivity contribution is 5.14. The molecule has 14 heavy (non-hydrogen) atoms. The van der Waals surface area contributed by atoms with Gasteiger partial charge in [0.25, 0.3) is 0 Å². The van der Waals surface area contributed by atoms with Crippen molar-refractivity contribution in [2.45, 2.75) is 60.3 Å². The average molecular weight is 194 g/mol. The van der Waals surface area contributed by atoms with E-state index in [4.69, 9.17) is 0 Å². The molecule has 4 atom stereocenters. The van der Waals surface area contributed by atoms with Crippen molar-refractivity contribution in [1.29, 1.82) is 0 Å². The van der Waals surface area contributed by atoms with E-state index in [1.807, 2.05) is 0 Å². The molecule has 0 radical (unpaired) electrons. The minimum atomic E-state index is 0.625. The summed E-state index contributed by atoms with van der Waals surface area (Å²) in [6.45, 7) is 12.4. The van der Waals surface area contributed by atoms with Crippen LogP contribution in [0, 0.1) is 28.6 Å². The third kappa shape index (κ3) is 0.955. The Hall–Kier alpha value is 0. The van der Waals surface area contributed by atoms with Crippen LogP contribution in [0.4, 0.5) is 0 Å². The fourth-order valence-electron chi connectivity index (χ4n) is 4.87. The number of rotatable bonds is 2. The first-order valence-electron chi connectivity index (χ1n) is 6.46. The molecule has 3 fully saturated rings. The lowest BCUT2D eigenvalue weighted by atomic mass is 9.34. The lowest BCUT2D eigenvalue weighted by Crippen LogP contribution is -2.64. The van der Waals surface area contributed by atoms with Crippen LogP contribution in [0.3, 0.4) is 0 Å². The van der Waals surface area contributed by atoms with E-state index < -0.39 is 0 Å². The Morgan fingerprint density at radius 3 is 2.36 bits per heavy atom. The molecule has 2 bridgehead atoms. The molecule has 0 aromatic heterocycles. The van der Waals surface area contributed by atoms with Gasteiger partial charge < -0.3 is 0 Å². The monoisotopic (exact) mass is 194 g/mol. The van der Waals surface area contributed by atoms with Gasteiger partial charge in [-0.05, 0) is 47.8 Å². The highest BCUT2D eigenvalue weighted by Crippen LogP contribution is 2.72. The zero-order valence-electron chi connectivity index (χ0n) is 10.6. The highest BCUT2D eigenvalue weighted by Gasteiger charge is 2.65. The minimum Gasteiger partial charge on any atom is -0.0651 e. The maximum Gasteiger partial charge on any atom is -0.0190 e. The van der Waals surface area contributed by atoms with Gasteiger partial charge in [0.2, 0.25) is 0 Å². The highest BCUT2D eigenvalue weighted by atomic mass is 14.7. The lowest BCUT2D eigenvalue weighted by Gasteiger charge is -2.71. The fraction of sp³-hybridized carbons (Fsp3) is 1.00. The second-order valence-electron chi connectivity index (χ2n) is 6.45. The Labute approximate surface area is 89.5 Å². The van der Waals surface area contributed by atoms with Crippen LogP contribution in [-0.4, -0.2) is 0 Å². The lowest BCUT2D eigenvalue weighted by molar-refractivity contribution is -0.224. The third-order valence-corrected chi connectivity index (χ3v) is 6.12. The molecule has 0 heterocycles. The zero-order chi connectivity index (χ0) is 10.6. The molecule has 0 N–H and O–H groups in total. The van der Waals surface area contributed by atoms with E-state index in [1.54, 1.807) is 0 Å². The van der Waals surface area contributed by atoms with Crippen LogP contribution in [0.15, 0.2) is 0 Å². The van der Waals surface area contributed by atoms with Gasteiger partial charge in [-0.3, -0.25) is 0 Å². The molecule has 3 aliphatic rings. The Bertz CT molecular complexity index is 222.